The molecule has 0 spiro atoms. The number of hydrogen-bond donors (Lipinski definition) is 0. The molecule has 0 fully saturated rings. The minimum Gasteiger partial charge on any atom is -0.0616 e. The van der Waals surface area contributed by atoms with Crippen LogP contribution in [0.1, 0.15) is 0 Å². The van der Waals surface area contributed by atoms with Crippen LogP contribution in [0.25, 0.3) is 80.2 Å². The van der Waals surface area contributed by atoms with Crippen molar-refractivity contribution in [3.8, 4) is 39.1 Å². The molecular formula is C54H36N2Se. The Morgan fingerprint density at radius 3 is 1.60 bits per heavy atom. The van der Waals surface area contributed by atoms with Crippen molar-refractivity contribution in [1.82, 2.24) is 4.57 Å². The first-order valence-corrected chi connectivity index (χ1v) is 21.1. The summed E-state index contributed by atoms with van der Waals surface area (Å²) < 4.78 is 5.31. The van der Waals surface area contributed by atoms with Gasteiger partial charge in [-0.2, -0.15) is 0 Å². The van der Waals surface area contributed by atoms with Crippen LogP contribution in [0.5, 0.6) is 0 Å². The second-order valence-corrected chi connectivity index (χ2v) is 16.8. The van der Waals surface area contributed by atoms with Crippen LogP contribution in [0.4, 0.5) is 17.1 Å². The third-order valence-corrected chi connectivity index (χ3v) is 13.6. The predicted molar refractivity (Wildman–Crippen MR) is 244 cm³/mol. The molecule has 0 radical (unpaired) electrons. The third kappa shape index (κ3) is 5.88. The fourth-order valence-electron chi connectivity index (χ4n) is 8.48. The quantitative estimate of drug-likeness (QED) is 0.146. The molecule has 0 aliphatic heterocycles. The number of rotatable bonds is 7. The van der Waals surface area contributed by atoms with Crippen LogP contribution >= 0.6 is 0 Å². The standard InChI is InChI=1S/C54H36N2Se/c1-3-13-39(14-4-1)45-17-7-10-20-50(45)55(44-31-25-38(26-32-44)41-28-34-54-49(36-41)47-19-9-12-22-53(47)57-54)43-29-23-37(24-30-43)40-27-33-52-48(35-40)46-18-8-11-21-51(46)56(52)42-15-5-2-6-16-42/h1-36H. The number of aromatic nitrogens is 1. The first kappa shape index (κ1) is 33.4. The maximum Gasteiger partial charge on any atom is -0.0543 e. The zero-order valence-electron chi connectivity index (χ0n) is 31.1. The van der Waals surface area contributed by atoms with Crippen molar-refractivity contribution in [2.75, 3.05) is 4.90 Å². The van der Waals surface area contributed by atoms with Gasteiger partial charge in [0.25, 0.3) is 0 Å². The molecule has 0 saturated carbocycles. The second kappa shape index (κ2) is 14.0. The summed E-state index contributed by atoms with van der Waals surface area (Å²) in [6, 6.07) is 79.7. The topological polar surface area (TPSA) is 8.17 Å². The summed E-state index contributed by atoms with van der Waals surface area (Å²) in [6.07, 6.45) is 0. The van der Waals surface area contributed by atoms with Gasteiger partial charge in [0, 0.05) is 16.5 Å². The molecule has 3 heteroatoms. The van der Waals surface area contributed by atoms with Gasteiger partial charge in [0.2, 0.25) is 0 Å². The molecule has 0 amide bonds. The number of nitrogens with zero attached hydrogens (tertiary/aromatic N) is 2. The molecule has 268 valence electrons. The largest absolute Gasteiger partial charge is 0.0616 e. The fraction of sp³-hybridized carbons (Fsp3) is 0. The Balaban J connectivity index is 1.00. The number of anilines is 3. The first-order chi connectivity index (χ1) is 28.3. The number of benzene rings is 9. The van der Waals surface area contributed by atoms with E-state index in [0.717, 1.165) is 17.1 Å². The van der Waals surface area contributed by atoms with Gasteiger partial charge in [0.15, 0.2) is 0 Å². The number of fused-ring (bicyclic) bond motifs is 6. The van der Waals surface area contributed by atoms with Crippen molar-refractivity contribution >= 4 is 72.7 Å². The van der Waals surface area contributed by atoms with Crippen molar-refractivity contribution in [2.24, 2.45) is 0 Å². The van der Waals surface area contributed by atoms with E-state index in [1.807, 2.05) is 0 Å². The van der Waals surface area contributed by atoms with E-state index in [1.54, 1.807) is 0 Å². The minimum atomic E-state index is 0.367. The van der Waals surface area contributed by atoms with Gasteiger partial charge < -0.3 is 4.57 Å². The second-order valence-electron chi connectivity index (χ2n) is 14.5. The number of para-hydroxylation sites is 3. The molecule has 0 aliphatic rings. The molecule has 0 saturated heterocycles. The van der Waals surface area contributed by atoms with Crippen LogP contribution in [-0.4, -0.2) is 19.1 Å². The molecule has 0 unspecified atom stereocenters. The summed E-state index contributed by atoms with van der Waals surface area (Å²) in [6.45, 7) is 0. The molecule has 9 aromatic carbocycles. The Morgan fingerprint density at radius 1 is 0.333 bits per heavy atom. The van der Waals surface area contributed by atoms with E-state index in [1.165, 1.54) is 80.2 Å². The minimum absolute atomic E-state index is 0.367. The van der Waals surface area contributed by atoms with E-state index in [2.05, 4.69) is 228 Å². The summed E-state index contributed by atoms with van der Waals surface area (Å²) in [5, 5.41) is 5.28. The van der Waals surface area contributed by atoms with Crippen LogP contribution in [0.2, 0.25) is 0 Å². The Kier molecular flexibility index (Phi) is 8.21. The van der Waals surface area contributed by atoms with Crippen molar-refractivity contribution in [1.29, 1.82) is 0 Å². The van der Waals surface area contributed by atoms with Gasteiger partial charge in [0.05, 0.1) is 11.0 Å². The maximum atomic E-state index is 2.40. The van der Waals surface area contributed by atoms with Crippen LogP contribution in [0.3, 0.4) is 0 Å². The predicted octanol–water partition coefficient (Wildman–Crippen LogP) is 14.6. The Hall–Kier alpha value is -6.90. The summed E-state index contributed by atoms with van der Waals surface area (Å²) in [5.41, 5.74) is 14.2. The monoisotopic (exact) mass is 792 g/mol. The summed E-state index contributed by atoms with van der Waals surface area (Å²) in [5.74, 6) is 0. The molecule has 0 atom stereocenters. The normalized spacial score (nSPS) is 11.5. The molecular weight excluding hydrogens is 756 g/mol. The van der Waals surface area contributed by atoms with Crippen molar-refractivity contribution in [3.63, 3.8) is 0 Å². The van der Waals surface area contributed by atoms with Crippen LogP contribution in [0.15, 0.2) is 218 Å². The molecule has 0 N–H and O–H groups in total. The Bertz CT molecular complexity index is 3210. The van der Waals surface area contributed by atoms with E-state index in [-0.39, 0.29) is 0 Å². The van der Waals surface area contributed by atoms with E-state index in [9.17, 15) is 0 Å². The Labute approximate surface area is 337 Å². The van der Waals surface area contributed by atoms with Gasteiger partial charge >= 0.3 is 187 Å². The smallest absolute Gasteiger partial charge is 0.0543 e. The Morgan fingerprint density at radius 2 is 0.860 bits per heavy atom. The van der Waals surface area contributed by atoms with E-state index >= 15 is 0 Å². The van der Waals surface area contributed by atoms with Crippen molar-refractivity contribution in [3.05, 3.63) is 218 Å². The van der Waals surface area contributed by atoms with Crippen molar-refractivity contribution in [2.45, 2.75) is 0 Å². The average Bonchev–Trinajstić information content (AvgIpc) is 3.83. The zero-order valence-corrected chi connectivity index (χ0v) is 32.8. The van der Waals surface area contributed by atoms with Crippen LogP contribution < -0.4 is 4.90 Å². The average molecular weight is 792 g/mol. The maximum absolute atomic E-state index is 2.40. The summed E-state index contributed by atoms with van der Waals surface area (Å²) in [4.78, 5) is 2.40. The molecule has 11 rings (SSSR count). The van der Waals surface area contributed by atoms with E-state index in [0.29, 0.717) is 14.5 Å². The summed E-state index contributed by atoms with van der Waals surface area (Å²) in [7, 11) is 0. The summed E-state index contributed by atoms with van der Waals surface area (Å²) >= 11 is 0.367. The molecule has 2 nitrogen and oxygen atoms in total. The van der Waals surface area contributed by atoms with Gasteiger partial charge in [-0.1, -0.05) is 78.9 Å². The SMILES string of the molecule is c1ccc(-c2ccccc2N(c2ccc(-c3ccc4[se]c5ccccc5c4c3)cc2)c2ccc(-c3ccc4c(c3)c3ccccc3n4-c3ccccc3)cc2)cc1. The van der Waals surface area contributed by atoms with E-state index in [4.69, 9.17) is 0 Å². The van der Waals surface area contributed by atoms with Gasteiger partial charge in [0.1, 0.15) is 0 Å². The van der Waals surface area contributed by atoms with Gasteiger partial charge in [-0.15, -0.1) is 0 Å². The van der Waals surface area contributed by atoms with Crippen molar-refractivity contribution < 1.29 is 0 Å². The van der Waals surface area contributed by atoms with E-state index < -0.39 is 0 Å². The third-order valence-electron chi connectivity index (χ3n) is 11.2. The molecule has 2 heterocycles. The fourth-order valence-corrected chi connectivity index (χ4v) is 10.8. The molecule has 0 bridgehead atoms. The van der Waals surface area contributed by atoms with Crippen LogP contribution in [-0.2, 0) is 0 Å². The van der Waals surface area contributed by atoms with Gasteiger partial charge in [-0.3, -0.25) is 0 Å². The first-order valence-electron chi connectivity index (χ1n) is 19.4. The molecule has 11 aromatic rings. The molecule has 2 aromatic heterocycles. The molecule has 57 heavy (non-hydrogen) atoms. The zero-order chi connectivity index (χ0) is 37.7. The van der Waals surface area contributed by atoms with Gasteiger partial charge in [-0.05, 0) is 41.5 Å². The number of hydrogen-bond acceptors (Lipinski definition) is 1. The molecule has 0 aliphatic carbocycles. The van der Waals surface area contributed by atoms with Crippen LogP contribution in [0, 0.1) is 0 Å². The van der Waals surface area contributed by atoms with Gasteiger partial charge in [-0.25, -0.2) is 0 Å².